The zero-order chi connectivity index (χ0) is 18.4. The Labute approximate surface area is 150 Å². The van der Waals surface area contributed by atoms with Crippen molar-refractivity contribution in [2.45, 2.75) is 13.0 Å². The summed E-state index contributed by atoms with van der Waals surface area (Å²) in [6.45, 7) is 2.55. The molecule has 0 saturated carbocycles. The standard InChI is InChI=1S/C20H28N4O/c1-15-6-10-17(11-7-15)22-20(25)21-14-19(24(4)5)16-8-12-18(13-9-16)23(2)3/h6-13,19H,14H2,1-5H3,(H2,21,22,25)/t19-/m1/s1. The van der Waals surface area contributed by atoms with Gasteiger partial charge < -0.3 is 20.4 Å². The van der Waals surface area contributed by atoms with Crippen molar-refractivity contribution >= 4 is 17.4 Å². The molecule has 0 heterocycles. The Morgan fingerprint density at radius 3 is 2.08 bits per heavy atom. The van der Waals surface area contributed by atoms with Crippen LogP contribution in [0.2, 0.25) is 0 Å². The van der Waals surface area contributed by atoms with Gasteiger partial charge in [-0.05, 0) is 50.8 Å². The van der Waals surface area contributed by atoms with Crippen molar-refractivity contribution in [1.29, 1.82) is 0 Å². The second-order valence-corrected chi connectivity index (χ2v) is 6.67. The summed E-state index contributed by atoms with van der Waals surface area (Å²) in [6, 6.07) is 16.1. The lowest BCUT2D eigenvalue weighted by atomic mass is 10.1. The molecule has 2 aromatic carbocycles. The van der Waals surface area contributed by atoms with Gasteiger partial charge in [-0.15, -0.1) is 0 Å². The zero-order valence-corrected chi connectivity index (χ0v) is 15.7. The average molecular weight is 340 g/mol. The molecule has 2 aromatic rings. The predicted molar refractivity (Wildman–Crippen MR) is 105 cm³/mol. The first-order chi connectivity index (χ1) is 11.9. The van der Waals surface area contributed by atoms with Crippen LogP contribution in [0.5, 0.6) is 0 Å². The predicted octanol–water partition coefficient (Wildman–Crippen LogP) is 3.49. The molecular formula is C20H28N4O. The molecule has 0 aliphatic heterocycles. The highest BCUT2D eigenvalue weighted by Crippen LogP contribution is 2.21. The minimum Gasteiger partial charge on any atom is -0.378 e. The number of carbonyl (C=O) groups excluding carboxylic acids is 1. The molecule has 0 unspecified atom stereocenters. The Kier molecular flexibility index (Phi) is 6.42. The van der Waals surface area contributed by atoms with Gasteiger partial charge >= 0.3 is 6.03 Å². The summed E-state index contributed by atoms with van der Waals surface area (Å²) >= 11 is 0. The van der Waals surface area contributed by atoms with Crippen LogP contribution in [0.1, 0.15) is 17.2 Å². The Bertz CT molecular complexity index is 678. The number of benzene rings is 2. The van der Waals surface area contributed by atoms with Crippen LogP contribution in [0.3, 0.4) is 0 Å². The van der Waals surface area contributed by atoms with E-state index in [1.54, 1.807) is 0 Å². The average Bonchev–Trinajstić information content (AvgIpc) is 2.57. The van der Waals surface area contributed by atoms with E-state index in [-0.39, 0.29) is 12.1 Å². The van der Waals surface area contributed by atoms with E-state index in [2.05, 4.69) is 44.7 Å². The smallest absolute Gasteiger partial charge is 0.319 e. The summed E-state index contributed by atoms with van der Waals surface area (Å²) in [7, 11) is 8.08. The van der Waals surface area contributed by atoms with Crippen LogP contribution in [0, 0.1) is 6.92 Å². The highest BCUT2D eigenvalue weighted by molar-refractivity contribution is 5.89. The first kappa shape index (κ1) is 18.8. The van der Waals surface area contributed by atoms with Gasteiger partial charge in [0.1, 0.15) is 0 Å². The molecule has 25 heavy (non-hydrogen) atoms. The summed E-state index contributed by atoms with van der Waals surface area (Å²) in [5, 5.41) is 5.82. The molecule has 0 fully saturated rings. The van der Waals surface area contributed by atoms with Gasteiger partial charge in [0, 0.05) is 32.0 Å². The fourth-order valence-corrected chi connectivity index (χ4v) is 2.59. The Balaban J connectivity index is 1.96. The molecule has 2 N–H and O–H groups in total. The van der Waals surface area contributed by atoms with Crippen LogP contribution in [0.25, 0.3) is 0 Å². The minimum atomic E-state index is -0.194. The second kappa shape index (κ2) is 8.53. The molecule has 0 aliphatic carbocycles. The van der Waals surface area contributed by atoms with E-state index in [0.717, 1.165) is 11.4 Å². The summed E-state index contributed by atoms with van der Waals surface area (Å²) < 4.78 is 0. The van der Waals surface area contributed by atoms with E-state index in [1.165, 1.54) is 11.1 Å². The van der Waals surface area contributed by atoms with Crippen LogP contribution in [0.4, 0.5) is 16.2 Å². The third-order valence-corrected chi connectivity index (χ3v) is 4.18. The second-order valence-electron chi connectivity index (χ2n) is 6.67. The number of carbonyl (C=O) groups is 1. The lowest BCUT2D eigenvalue weighted by Crippen LogP contribution is -2.36. The summed E-state index contributed by atoms with van der Waals surface area (Å²) in [4.78, 5) is 16.3. The van der Waals surface area contributed by atoms with Crippen LogP contribution in [-0.4, -0.2) is 45.7 Å². The van der Waals surface area contributed by atoms with Crippen molar-refractivity contribution in [3.05, 3.63) is 59.7 Å². The quantitative estimate of drug-likeness (QED) is 0.846. The number of rotatable bonds is 6. The molecule has 0 saturated heterocycles. The van der Waals surface area contributed by atoms with Crippen molar-refractivity contribution in [1.82, 2.24) is 10.2 Å². The lowest BCUT2D eigenvalue weighted by Gasteiger charge is -2.26. The summed E-state index contributed by atoms with van der Waals surface area (Å²) in [6.07, 6.45) is 0. The van der Waals surface area contributed by atoms with Crippen molar-refractivity contribution in [2.75, 3.05) is 45.0 Å². The Morgan fingerprint density at radius 1 is 0.960 bits per heavy atom. The van der Waals surface area contributed by atoms with Gasteiger partial charge in [0.25, 0.3) is 0 Å². The van der Waals surface area contributed by atoms with E-state index >= 15 is 0 Å². The number of urea groups is 1. The third kappa shape index (κ3) is 5.50. The highest BCUT2D eigenvalue weighted by atomic mass is 16.2. The van der Waals surface area contributed by atoms with E-state index < -0.39 is 0 Å². The van der Waals surface area contributed by atoms with Crippen LogP contribution in [0.15, 0.2) is 48.5 Å². The maximum absolute atomic E-state index is 12.2. The largest absolute Gasteiger partial charge is 0.378 e. The normalized spacial score (nSPS) is 11.9. The molecule has 2 amide bonds. The zero-order valence-electron chi connectivity index (χ0n) is 15.7. The van der Waals surface area contributed by atoms with Gasteiger partial charge in [0.2, 0.25) is 0 Å². The number of hydrogen-bond donors (Lipinski definition) is 2. The molecule has 0 bridgehead atoms. The molecule has 5 nitrogen and oxygen atoms in total. The van der Waals surface area contributed by atoms with Crippen LogP contribution in [-0.2, 0) is 0 Å². The number of hydrogen-bond acceptors (Lipinski definition) is 3. The number of aryl methyl sites for hydroxylation is 1. The minimum absolute atomic E-state index is 0.111. The molecule has 0 spiro atoms. The van der Waals surface area contributed by atoms with Crippen molar-refractivity contribution in [3.63, 3.8) is 0 Å². The Hall–Kier alpha value is -2.53. The lowest BCUT2D eigenvalue weighted by molar-refractivity contribution is 0.243. The maximum Gasteiger partial charge on any atom is 0.319 e. The molecule has 134 valence electrons. The first-order valence-electron chi connectivity index (χ1n) is 8.42. The van der Waals surface area contributed by atoms with E-state index in [4.69, 9.17) is 0 Å². The maximum atomic E-state index is 12.2. The highest BCUT2D eigenvalue weighted by Gasteiger charge is 2.15. The van der Waals surface area contributed by atoms with Gasteiger partial charge in [0.15, 0.2) is 0 Å². The number of likely N-dealkylation sites (N-methyl/N-ethyl adjacent to an activating group) is 1. The Morgan fingerprint density at radius 2 is 1.56 bits per heavy atom. The summed E-state index contributed by atoms with van der Waals surface area (Å²) in [5.41, 5.74) is 4.29. The van der Waals surface area contributed by atoms with Gasteiger partial charge in [-0.25, -0.2) is 4.79 Å². The molecular weight excluding hydrogens is 312 g/mol. The molecule has 0 aliphatic rings. The summed E-state index contributed by atoms with van der Waals surface area (Å²) in [5.74, 6) is 0. The van der Waals surface area contributed by atoms with Crippen LogP contribution < -0.4 is 15.5 Å². The third-order valence-electron chi connectivity index (χ3n) is 4.18. The molecule has 2 rings (SSSR count). The molecule has 5 heteroatoms. The van der Waals surface area contributed by atoms with Gasteiger partial charge in [-0.2, -0.15) is 0 Å². The number of nitrogens with one attached hydrogen (secondary N) is 2. The van der Waals surface area contributed by atoms with Crippen molar-refractivity contribution in [3.8, 4) is 0 Å². The monoisotopic (exact) mass is 340 g/mol. The SMILES string of the molecule is Cc1ccc(NC(=O)NC[C@H](c2ccc(N(C)C)cc2)N(C)C)cc1. The topological polar surface area (TPSA) is 47.6 Å². The number of amides is 2. The fraction of sp³-hybridized carbons (Fsp3) is 0.350. The number of nitrogens with zero attached hydrogens (tertiary/aromatic N) is 2. The van der Waals surface area contributed by atoms with E-state index in [9.17, 15) is 4.79 Å². The van der Waals surface area contributed by atoms with Crippen LogP contribution >= 0.6 is 0 Å². The van der Waals surface area contributed by atoms with Crippen molar-refractivity contribution < 1.29 is 4.79 Å². The van der Waals surface area contributed by atoms with Gasteiger partial charge in [0.05, 0.1) is 6.04 Å². The van der Waals surface area contributed by atoms with E-state index in [1.807, 2.05) is 59.4 Å². The molecule has 0 radical (unpaired) electrons. The molecule has 0 aromatic heterocycles. The van der Waals surface area contributed by atoms with E-state index in [0.29, 0.717) is 6.54 Å². The molecule has 1 atom stereocenters. The van der Waals surface area contributed by atoms with Gasteiger partial charge in [-0.1, -0.05) is 29.8 Å². The number of anilines is 2. The fourth-order valence-electron chi connectivity index (χ4n) is 2.59. The first-order valence-corrected chi connectivity index (χ1v) is 8.42. The van der Waals surface area contributed by atoms with Gasteiger partial charge in [-0.3, -0.25) is 0 Å². The van der Waals surface area contributed by atoms with Crippen molar-refractivity contribution in [2.24, 2.45) is 0 Å².